The highest BCUT2D eigenvalue weighted by atomic mass is 35.5. The molecule has 0 aliphatic rings. The average molecular weight is 455 g/mol. The number of alkyl halides is 4. The van der Waals surface area contributed by atoms with Gasteiger partial charge in [0.2, 0.25) is 0 Å². The number of ether oxygens (including phenoxy) is 1. The van der Waals surface area contributed by atoms with E-state index in [1.807, 2.05) is 48.7 Å². The summed E-state index contributed by atoms with van der Waals surface area (Å²) in [5.74, 6) is 0.652. The normalized spacial score (nSPS) is 14.0. The Labute approximate surface area is 186 Å². The molecular weight excluding hydrogens is 437 g/mol. The van der Waals surface area contributed by atoms with Crippen molar-refractivity contribution in [3.8, 4) is 5.75 Å². The first-order valence-electron chi connectivity index (χ1n) is 9.92. The van der Waals surface area contributed by atoms with Crippen LogP contribution in [0.4, 0.5) is 13.2 Å². The van der Waals surface area contributed by atoms with Crippen molar-refractivity contribution >= 4 is 33.4 Å². The summed E-state index contributed by atoms with van der Waals surface area (Å²) in [5.41, 5.74) is 2.93. The molecule has 1 unspecified atom stereocenters. The molecule has 0 radical (unpaired) electrons. The summed E-state index contributed by atoms with van der Waals surface area (Å²) in [6, 6.07) is 18.3. The van der Waals surface area contributed by atoms with Crippen LogP contribution in [0.1, 0.15) is 22.3 Å². The molecule has 0 spiro atoms. The maximum atomic E-state index is 13.2. The minimum absolute atomic E-state index is 0.528. The molecule has 1 atom stereocenters. The number of fused-ring (bicyclic) bond motifs is 2. The zero-order valence-corrected chi connectivity index (χ0v) is 17.7. The van der Waals surface area contributed by atoms with Crippen LogP contribution in [0.15, 0.2) is 79.1 Å². The molecule has 3 aromatic carbocycles. The third kappa shape index (κ3) is 3.06. The van der Waals surface area contributed by atoms with E-state index in [0.29, 0.717) is 11.3 Å². The third-order valence-electron chi connectivity index (χ3n) is 5.84. The zero-order valence-electron chi connectivity index (χ0n) is 16.9. The molecule has 5 aromatic rings. The molecule has 0 saturated carbocycles. The lowest BCUT2D eigenvalue weighted by molar-refractivity contribution is -0.137. The Morgan fingerprint density at radius 3 is 2.09 bits per heavy atom. The van der Waals surface area contributed by atoms with Crippen LogP contribution in [0, 0.1) is 0 Å². The minimum Gasteiger partial charge on any atom is -0.495 e. The smallest absolute Gasteiger partial charge is 0.416 e. The van der Waals surface area contributed by atoms with Gasteiger partial charge in [-0.1, -0.05) is 42.5 Å². The van der Waals surface area contributed by atoms with Crippen molar-refractivity contribution in [3.63, 3.8) is 0 Å². The number of hydrogen-bond acceptors (Lipinski definition) is 1. The molecule has 7 heteroatoms. The van der Waals surface area contributed by atoms with Crippen molar-refractivity contribution < 1.29 is 17.9 Å². The molecule has 0 saturated heterocycles. The highest BCUT2D eigenvalue weighted by Crippen LogP contribution is 2.49. The summed E-state index contributed by atoms with van der Waals surface area (Å²) in [7, 11) is 1.58. The number of halogens is 4. The van der Waals surface area contributed by atoms with Crippen LogP contribution < -0.4 is 4.74 Å². The van der Waals surface area contributed by atoms with E-state index in [2.05, 4.69) is 9.97 Å². The van der Waals surface area contributed by atoms with Crippen molar-refractivity contribution in [2.75, 3.05) is 7.11 Å². The summed E-state index contributed by atoms with van der Waals surface area (Å²) in [4.78, 5) is 5.21. The lowest BCUT2D eigenvalue weighted by Gasteiger charge is -2.28. The predicted octanol–water partition coefficient (Wildman–Crippen LogP) is 7.21. The Morgan fingerprint density at radius 1 is 0.750 bits per heavy atom. The quantitative estimate of drug-likeness (QED) is 0.277. The van der Waals surface area contributed by atoms with E-state index >= 15 is 0 Å². The number of methoxy groups -OCH3 is 1. The monoisotopic (exact) mass is 454 g/mol. The molecule has 3 nitrogen and oxygen atoms in total. The third-order valence-corrected chi connectivity index (χ3v) is 6.46. The van der Waals surface area contributed by atoms with Crippen molar-refractivity contribution in [3.05, 3.63) is 101 Å². The lowest BCUT2D eigenvalue weighted by atomic mass is 9.83. The van der Waals surface area contributed by atoms with Crippen molar-refractivity contribution in [2.45, 2.75) is 11.1 Å². The standard InChI is InChI=1S/C25H18ClF3N2O/c1-32-22-8-4-6-18-20(14-31-23(18)22)24(26,15-9-11-16(12-10-15)25(27,28)29)19-13-30-21-7-3-2-5-17(19)21/h2-14,30-31H,1H3. The van der Waals surface area contributed by atoms with Gasteiger partial charge in [-0.2, -0.15) is 13.2 Å². The van der Waals surface area contributed by atoms with Crippen LogP contribution in [0.5, 0.6) is 5.75 Å². The van der Waals surface area contributed by atoms with Crippen molar-refractivity contribution in [1.82, 2.24) is 9.97 Å². The molecule has 2 heterocycles. The van der Waals surface area contributed by atoms with Gasteiger partial charge in [-0.3, -0.25) is 0 Å². The van der Waals surface area contributed by atoms with E-state index in [1.54, 1.807) is 13.3 Å². The number of rotatable bonds is 4. The van der Waals surface area contributed by atoms with E-state index in [-0.39, 0.29) is 0 Å². The topological polar surface area (TPSA) is 40.8 Å². The van der Waals surface area contributed by atoms with Crippen LogP contribution in [-0.4, -0.2) is 17.1 Å². The second-order valence-corrected chi connectivity index (χ2v) is 8.13. The molecule has 162 valence electrons. The predicted molar refractivity (Wildman–Crippen MR) is 120 cm³/mol. The molecular formula is C25H18ClF3N2O. The van der Waals surface area contributed by atoms with Gasteiger partial charge in [0, 0.05) is 39.8 Å². The van der Waals surface area contributed by atoms with E-state index < -0.39 is 16.6 Å². The first kappa shape index (κ1) is 20.5. The van der Waals surface area contributed by atoms with Crippen LogP contribution in [0.2, 0.25) is 0 Å². The number of hydrogen-bond donors (Lipinski definition) is 2. The molecule has 0 fully saturated rings. The van der Waals surface area contributed by atoms with Gasteiger partial charge in [-0.05, 0) is 29.8 Å². The van der Waals surface area contributed by atoms with Crippen LogP contribution >= 0.6 is 11.6 Å². The van der Waals surface area contributed by atoms with Gasteiger partial charge in [0.1, 0.15) is 10.6 Å². The Kier molecular flexibility index (Phi) is 4.71. The van der Waals surface area contributed by atoms with Gasteiger partial charge < -0.3 is 14.7 Å². The number of para-hydroxylation sites is 2. The van der Waals surface area contributed by atoms with Gasteiger partial charge in [0.05, 0.1) is 18.2 Å². The first-order valence-corrected chi connectivity index (χ1v) is 10.3. The van der Waals surface area contributed by atoms with Crippen LogP contribution in [-0.2, 0) is 11.1 Å². The summed E-state index contributed by atoms with van der Waals surface area (Å²) in [6.45, 7) is 0. The SMILES string of the molecule is COc1cccc2c(C(Cl)(c3ccc(C(F)(F)F)cc3)c3c[nH]c4ccccc34)c[nH]c12. The number of aromatic nitrogens is 2. The van der Waals surface area contributed by atoms with Gasteiger partial charge >= 0.3 is 6.18 Å². The highest BCUT2D eigenvalue weighted by Gasteiger charge is 2.39. The van der Waals surface area contributed by atoms with E-state index in [1.165, 1.54) is 12.1 Å². The van der Waals surface area contributed by atoms with Gasteiger partial charge in [-0.25, -0.2) is 0 Å². The maximum Gasteiger partial charge on any atom is 0.416 e. The van der Waals surface area contributed by atoms with E-state index in [4.69, 9.17) is 16.3 Å². The number of nitrogens with one attached hydrogen (secondary N) is 2. The maximum absolute atomic E-state index is 13.2. The molecule has 0 bridgehead atoms. The Hall–Kier alpha value is -3.38. The second kappa shape index (κ2) is 7.35. The molecule has 32 heavy (non-hydrogen) atoms. The van der Waals surface area contributed by atoms with Crippen molar-refractivity contribution in [1.29, 1.82) is 0 Å². The summed E-state index contributed by atoms with van der Waals surface area (Å²) in [5, 5.41) is 1.71. The van der Waals surface area contributed by atoms with Crippen LogP contribution in [0.3, 0.4) is 0 Å². The summed E-state index contributed by atoms with van der Waals surface area (Å²) >= 11 is 7.46. The van der Waals surface area contributed by atoms with Crippen LogP contribution in [0.25, 0.3) is 21.8 Å². The molecule has 0 amide bonds. The summed E-state index contributed by atoms with van der Waals surface area (Å²) < 4.78 is 45.1. The van der Waals surface area contributed by atoms with Gasteiger partial charge in [0.25, 0.3) is 0 Å². The second-order valence-electron chi connectivity index (χ2n) is 7.57. The first-order chi connectivity index (χ1) is 15.3. The largest absolute Gasteiger partial charge is 0.495 e. The number of H-pyrrole nitrogens is 2. The molecule has 2 aromatic heterocycles. The highest BCUT2D eigenvalue weighted by molar-refractivity contribution is 6.30. The molecule has 0 aliphatic carbocycles. The Morgan fingerprint density at radius 2 is 1.38 bits per heavy atom. The average Bonchev–Trinajstić information content (AvgIpc) is 3.43. The number of aromatic amines is 2. The Balaban J connectivity index is 1.81. The van der Waals surface area contributed by atoms with Gasteiger partial charge in [-0.15, -0.1) is 11.6 Å². The fourth-order valence-electron chi connectivity index (χ4n) is 4.28. The van der Waals surface area contributed by atoms with Gasteiger partial charge in [0.15, 0.2) is 0 Å². The van der Waals surface area contributed by atoms with Crippen molar-refractivity contribution in [2.24, 2.45) is 0 Å². The minimum atomic E-state index is -4.43. The van der Waals surface area contributed by atoms with E-state index in [0.717, 1.165) is 45.1 Å². The number of benzene rings is 3. The fraction of sp³-hybridized carbons (Fsp3) is 0.120. The molecule has 0 aliphatic heterocycles. The lowest BCUT2D eigenvalue weighted by Crippen LogP contribution is -2.22. The molecule has 5 rings (SSSR count). The van der Waals surface area contributed by atoms with E-state index in [9.17, 15) is 13.2 Å². The zero-order chi connectivity index (χ0) is 22.5. The fourth-order valence-corrected chi connectivity index (χ4v) is 4.72. The Bertz CT molecular complexity index is 1420. The molecule has 2 N–H and O–H groups in total. The summed E-state index contributed by atoms with van der Waals surface area (Å²) in [6.07, 6.45) is -0.823.